The van der Waals surface area contributed by atoms with Gasteiger partial charge in [0.05, 0.1) is 6.04 Å². The van der Waals surface area contributed by atoms with Crippen LogP contribution in [-0.2, 0) is 9.53 Å². The van der Waals surface area contributed by atoms with Gasteiger partial charge in [0, 0.05) is 19.1 Å². The van der Waals surface area contributed by atoms with Crippen LogP contribution >= 0.6 is 0 Å². The van der Waals surface area contributed by atoms with Crippen molar-refractivity contribution < 1.29 is 9.53 Å². The Morgan fingerprint density at radius 3 is 2.77 bits per heavy atom. The Balaban J connectivity index is 2.40. The molecule has 3 nitrogen and oxygen atoms in total. The van der Waals surface area contributed by atoms with E-state index < -0.39 is 0 Å². The monoisotopic (exact) mass is 183 g/mol. The van der Waals surface area contributed by atoms with Crippen LogP contribution in [-0.4, -0.2) is 25.0 Å². The van der Waals surface area contributed by atoms with E-state index in [0.717, 1.165) is 12.8 Å². The minimum atomic E-state index is -0.361. The van der Waals surface area contributed by atoms with Crippen LogP contribution in [0, 0.1) is 5.92 Å². The van der Waals surface area contributed by atoms with Crippen molar-refractivity contribution in [1.82, 2.24) is 0 Å². The highest BCUT2D eigenvalue weighted by atomic mass is 16.5. The molecule has 2 N–H and O–H groups in total. The molecule has 0 amide bonds. The van der Waals surface area contributed by atoms with Crippen molar-refractivity contribution in [3.63, 3.8) is 0 Å². The summed E-state index contributed by atoms with van der Waals surface area (Å²) in [5.74, 6) is 0.284. The van der Waals surface area contributed by atoms with Gasteiger partial charge in [0.25, 0.3) is 0 Å². The van der Waals surface area contributed by atoms with E-state index in [4.69, 9.17) is 10.5 Å². The fourth-order valence-electron chi connectivity index (χ4n) is 1.58. The van der Waals surface area contributed by atoms with Crippen LogP contribution in [0.25, 0.3) is 0 Å². The molecule has 0 radical (unpaired) electrons. The molecule has 0 aliphatic carbocycles. The SMILES string of the molecule is C=CCC(N)C(=O)C1CCOCC1. The largest absolute Gasteiger partial charge is 0.381 e. The van der Waals surface area contributed by atoms with Crippen molar-refractivity contribution in [3.8, 4) is 0 Å². The van der Waals surface area contributed by atoms with Crippen molar-refractivity contribution in [2.24, 2.45) is 11.7 Å². The lowest BCUT2D eigenvalue weighted by atomic mass is 9.90. The summed E-state index contributed by atoms with van der Waals surface area (Å²) in [4.78, 5) is 11.7. The van der Waals surface area contributed by atoms with Crippen LogP contribution in [0.15, 0.2) is 12.7 Å². The van der Waals surface area contributed by atoms with Crippen molar-refractivity contribution in [1.29, 1.82) is 0 Å². The van der Waals surface area contributed by atoms with E-state index >= 15 is 0 Å². The lowest BCUT2D eigenvalue weighted by Crippen LogP contribution is -2.37. The second-order valence-electron chi connectivity index (χ2n) is 3.42. The maximum absolute atomic E-state index is 11.7. The van der Waals surface area contributed by atoms with Gasteiger partial charge in [-0.05, 0) is 19.3 Å². The van der Waals surface area contributed by atoms with Gasteiger partial charge in [-0.3, -0.25) is 4.79 Å². The third-order valence-electron chi connectivity index (χ3n) is 2.41. The standard InChI is InChI=1S/C10H17NO2/c1-2-3-9(11)10(12)8-4-6-13-7-5-8/h2,8-9H,1,3-7,11H2. The van der Waals surface area contributed by atoms with Crippen molar-refractivity contribution in [3.05, 3.63) is 12.7 Å². The molecule has 3 heteroatoms. The van der Waals surface area contributed by atoms with E-state index in [1.807, 2.05) is 0 Å². The summed E-state index contributed by atoms with van der Waals surface area (Å²) >= 11 is 0. The Morgan fingerprint density at radius 2 is 2.23 bits per heavy atom. The number of ketones is 1. The zero-order valence-electron chi connectivity index (χ0n) is 7.87. The summed E-state index contributed by atoms with van der Waals surface area (Å²) in [5.41, 5.74) is 5.70. The normalized spacial score (nSPS) is 21.0. The first-order valence-corrected chi connectivity index (χ1v) is 4.73. The van der Waals surface area contributed by atoms with Crippen LogP contribution in [0.4, 0.5) is 0 Å². The van der Waals surface area contributed by atoms with E-state index in [1.54, 1.807) is 6.08 Å². The van der Waals surface area contributed by atoms with Crippen LogP contribution < -0.4 is 5.73 Å². The third-order valence-corrected chi connectivity index (χ3v) is 2.41. The van der Waals surface area contributed by atoms with E-state index in [9.17, 15) is 4.79 Å². The fraction of sp³-hybridized carbons (Fsp3) is 0.700. The van der Waals surface area contributed by atoms with Crippen LogP contribution in [0.3, 0.4) is 0 Å². The number of hydrogen-bond acceptors (Lipinski definition) is 3. The molecule has 0 spiro atoms. The second kappa shape index (κ2) is 5.14. The Bertz CT molecular complexity index is 185. The average Bonchev–Trinajstić information content (AvgIpc) is 2.18. The molecule has 1 fully saturated rings. The number of rotatable bonds is 4. The predicted molar refractivity (Wildman–Crippen MR) is 51.3 cm³/mol. The topological polar surface area (TPSA) is 52.3 Å². The summed E-state index contributed by atoms with van der Waals surface area (Å²) in [6, 6.07) is -0.361. The number of Topliss-reactive ketones (excluding diaryl/α,β-unsaturated/α-hetero) is 1. The molecule has 74 valence electrons. The molecular formula is C10H17NO2. The summed E-state index contributed by atoms with van der Waals surface area (Å²) in [7, 11) is 0. The van der Waals surface area contributed by atoms with Gasteiger partial charge in [0.1, 0.15) is 0 Å². The van der Waals surface area contributed by atoms with Gasteiger partial charge in [-0.2, -0.15) is 0 Å². The third kappa shape index (κ3) is 2.94. The zero-order valence-corrected chi connectivity index (χ0v) is 7.87. The van der Waals surface area contributed by atoms with Crippen molar-refractivity contribution in [2.75, 3.05) is 13.2 Å². The first-order chi connectivity index (χ1) is 6.25. The minimum Gasteiger partial charge on any atom is -0.381 e. The summed E-state index contributed by atoms with van der Waals surface area (Å²) in [5, 5.41) is 0. The molecule has 0 bridgehead atoms. The van der Waals surface area contributed by atoms with Gasteiger partial charge < -0.3 is 10.5 Å². The van der Waals surface area contributed by atoms with E-state index in [2.05, 4.69) is 6.58 Å². The molecule has 1 heterocycles. The second-order valence-corrected chi connectivity index (χ2v) is 3.42. The highest BCUT2D eigenvalue weighted by molar-refractivity contribution is 5.86. The molecule has 13 heavy (non-hydrogen) atoms. The van der Waals surface area contributed by atoms with Crippen LogP contribution in [0.5, 0.6) is 0 Å². The number of carbonyl (C=O) groups is 1. The fourth-order valence-corrected chi connectivity index (χ4v) is 1.58. The molecule has 0 aromatic carbocycles. The smallest absolute Gasteiger partial charge is 0.153 e. The quantitative estimate of drug-likeness (QED) is 0.658. The van der Waals surface area contributed by atoms with Gasteiger partial charge >= 0.3 is 0 Å². The molecule has 1 aliphatic rings. The van der Waals surface area contributed by atoms with Gasteiger partial charge in [-0.1, -0.05) is 6.08 Å². The first-order valence-electron chi connectivity index (χ1n) is 4.73. The average molecular weight is 183 g/mol. The zero-order chi connectivity index (χ0) is 9.68. The molecule has 1 unspecified atom stereocenters. The number of hydrogen-bond donors (Lipinski definition) is 1. The molecule has 1 saturated heterocycles. The molecule has 1 rings (SSSR count). The molecular weight excluding hydrogens is 166 g/mol. The molecule has 1 atom stereocenters. The summed E-state index contributed by atoms with van der Waals surface area (Å²) in [6.45, 7) is 4.95. The highest BCUT2D eigenvalue weighted by Crippen LogP contribution is 2.17. The minimum absolute atomic E-state index is 0.115. The van der Waals surface area contributed by atoms with Gasteiger partial charge in [-0.15, -0.1) is 6.58 Å². The highest BCUT2D eigenvalue weighted by Gasteiger charge is 2.25. The maximum atomic E-state index is 11.7. The lowest BCUT2D eigenvalue weighted by molar-refractivity contribution is -0.126. The molecule has 0 aromatic rings. The maximum Gasteiger partial charge on any atom is 0.153 e. The van der Waals surface area contributed by atoms with Crippen LogP contribution in [0.1, 0.15) is 19.3 Å². The van der Waals surface area contributed by atoms with Gasteiger partial charge in [0.2, 0.25) is 0 Å². The van der Waals surface area contributed by atoms with Gasteiger partial charge in [-0.25, -0.2) is 0 Å². The Labute approximate surface area is 78.9 Å². The van der Waals surface area contributed by atoms with Gasteiger partial charge in [0.15, 0.2) is 5.78 Å². The Hall–Kier alpha value is -0.670. The Morgan fingerprint density at radius 1 is 1.62 bits per heavy atom. The lowest BCUT2D eigenvalue weighted by Gasteiger charge is -2.23. The Kier molecular flexibility index (Phi) is 4.12. The summed E-state index contributed by atoms with van der Waals surface area (Å²) < 4.78 is 5.18. The molecule has 0 aromatic heterocycles. The van der Waals surface area contributed by atoms with E-state index in [1.165, 1.54) is 0 Å². The summed E-state index contributed by atoms with van der Waals surface area (Å²) in [6.07, 6.45) is 3.92. The molecule has 0 saturated carbocycles. The van der Waals surface area contributed by atoms with Crippen LogP contribution in [0.2, 0.25) is 0 Å². The predicted octanol–water partition coefficient (Wildman–Crippen LogP) is 0.885. The number of ether oxygens (including phenoxy) is 1. The van der Waals surface area contributed by atoms with E-state index in [0.29, 0.717) is 19.6 Å². The number of nitrogens with two attached hydrogens (primary N) is 1. The van der Waals surface area contributed by atoms with E-state index in [-0.39, 0.29) is 17.7 Å². The van der Waals surface area contributed by atoms with Crippen molar-refractivity contribution in [2.45, 2.75) is 25.3 Å². The van der Waals surface area contributed by atoms with Crippen molar-refractivity contribution >= 4 is 5.78 Å². The first kappa shape index (κ1) is 10.4. The number of carbonyl (C=O) groups excluding carboxylic acids is 1. The molecule has 1 aliphatic heterocycles.